The molecule has 0 heterocycles. The summed E-state index contributed by atoms with van der Waals surface area (Å²) in [4.78, 5) is 0. The van der Waals surface area contributed by atoms with Gasteiger partial charge in [-0.1, -0.05) is 29.8 Å². The van der Waals surface area contributed by atoms with Crippen molar-refractivity contribution in [3.8, 4) is 0 Å². The molecule has 0 bridgehead atoms. The maximum absolute atomic E-state index is 13.4. The minimum Gasteiger partial charge on any atom is -0.308 e. The first-order chi connectivity index (χ1) is 5.00. The predicted octanol–water partition coefficient (Wildman–Crippen LogP) is 2.38. The first-order valence-electron chi connectivity index (χ1n) is 3.76. The Labute approximate surface area is 68.2 Å². The lowest BCUT2D eigenvalue weighted by molar-refractivity contribution is 0.821. The van der Waals surface area contributed by atoms with Crippen LogP contribution < -0.4 is 5.19 Å². The number of halogens is 1. The molecule has 0 saturated heterocycles. The molecule has 0 aliphatic rings. The van der Waals surface area contributed by atoms with E-state index in [-0.39, 0.29) is 0 Å². The highest BCUT2D eigenvalue weighted by molar-refractivity contribution is 6.83. The molecule has 0 aliphatic heterocycles. The van der Waals surface area contributed by atoms with Crippen molar-refractivity contribution in [2.75, 3.05) is 0 Å². The van der Waals surface area contributed by atoms with Crippen LogP contribution in [0.15, 0.2) is 24.3 Å². The zero-order valence-electron chi connectivity index (χ0n) is 7.19. The summed E-state index contributed by atoms with van der Waals surface area (Å²) < 4.78 is 13.4. The maximum Gasteiger partial charge on any atom is 0.271 e. The fourth-order valence-electron chi connectivity index (χ4n) is 1.01. The third-order valence-electron chi connectivity index (χ3n) is 1.70. The van der Waals surface area contributed by atoms with Gasteiger partial charge in [-0.05, 0) is 25.2 Å². The topological polar surface area (TPSA) is 0 Å². The molecule has 0 unspecified atom stereocenters. The number of rotatable bonds is 1. The highest BCUT2D eigenvalue weighted by atomic mass is 28.4. The Morgan fingerprint density at radius 1 is 1.27 bits per heavy atom. The molecule has 0 spiro atoms. The lowest BCUT2D eigenvalue weighted by atomic mass is 10.2. The van der Waals surface area contributed by atoms with Crippen LogP contribution in [0.4, 0.5) is 4.11 Å². The van der Waals surface area contributed by atoms with Gasteiger partial charge in [0, 0.05) is 0 Å². The molecule has 1 aromatic rings. The second kappa shape index (κ2) is 2.78. The van der Waals surface area contributed by atoms with E-state index in [1.807, 2.05) is 31.2 Å². The summed E-state index contributed by atoms with van der Waals surface area (Å²) in [7, 11) is -2.56. The van der Waals surface area contributed by atoms with E-state index in [1.165, 1.54) is 0 Å². The monoisotopic (exact) mass is 168 g/mol. The van der Waals surface area contributed by atoms with Crippen molar-refractivity contribution in [2.24, 2.45) is 0 Å². The normalized spacial score (nSPS) is 11.6. The summed E-state index contributed by atoms with van der Waals surface area (Å²) in [6.07, 6.45) is 0. The van der Waals surface area contributed by atoms with Gasteiger partial charge in [-0.3, -0.25) is 0 Å². The third kappa shape index (κ3) is 2.15. The van der Waals surface area contributed by atoms with Gasteiger partial charge in [0.05, 0.1) is 0 Å². The van der Waals surface area contributed by atoms with Crippen molar-refractivity contribution in [2.45, 2.75) is 20.0 Å². The minimum absolute atomic E-state index is 0.887. The van der Waals surface area contributed by atoms with Crippen molar-refractivity contribution in [3.05, 3.63) is 29.8 Å². The number of benzene rings is 1. The molecule has 0 saturated carbocycles. The van der Waals surface area contributed by atoms with Crippen LogP contribution in [0, 0.1) is 6.92 Å². The van der Waals surface area contributed by atoms with Gasteiger partial charge in [0.15, 0.2) is 0 Å². The van der Waals surface area contributed by atoms with Crippen molar-refractivity contribution < 1.29 is 4.11 Å². The number of aryl methyl sites for hydroxylation is 1. The van der Waals surface area contributed by atoms with Gasteiger partial charge >= 0.3 is 0 Å². The molecule has 60 valence electrons. The van der Waals surface area contributed by atoms with Crippen LogP contribution in [-0.4, -0.2) is 8.41 Å². The zero-order chi connectivity index (χ0) is 8.48. The highest BCUT2D eigenvalue weighted by Gasteiger charge is 2.22. The molecule has 1 rings (SSSR count). The molecule has 0 amide bonds. The van der Waals surface area contributed by atoms with Crippen LogP contribution in [0.3, 0.4) is 0 Å². The van der Waals surface area contributed by atoms with Crippen LogP contribution in [-0.2, 0) is 0 Å². The summed E-state index contributed by atoms with van der Waals surface area (Å²) in [6, 6.07) is 7.72. The van der Waals surface area contributed by atoms with E-state index < -0.39 is 8.41 Å². The van der Waals surface area contributed by atoms with E-state index >= 15 is 0 Å². The van der Waals surface area contributed by atoms with Crippen molar-refractivity contribution >= 4 is 13.6 Å². The van der Waals surface area contributed by atoms with Crippen molar-refractivity contribution in [3.63, 3.8) is 0 Å². The average Bonchev–Trinajstić information content (AvgIpc) is 1.86. The summed E-state index contributed by atoms with van der Waals surface area (Å²) in [5, 5.41) is 0.887. The Kier molecular flexibility index (Phi) is 2.14. The van der Waals surface area contributed by atoms with Crippen LogP contribution in [0.5, 0.6) is 0 Å². The molecule has 0 aromatic heterocycles. The molecule has 0 radical (unpaired) electrons. The van der Waals surface area contributed by atoms with Gasteiger partial charge in [0.2, 0.25) is 0 Å². The van der Waals surface area contributed by atoms with E-state index in [0.717, 1.165) is 10.8 Å². The predicted molar refractivity (Wildman–Crippen MR) is 49.4 cm³/mol. The summed E-state index contributed by atoms with van der Waals surface area (Å²) >= 11 is 0. The van der Waals surface area contributed by atoms with Gasteiger partial charge in [-0.15, -0.1) is 0 Å². The maximum atomic E-state index is 13.4. The molecule has 11 heavy (non-hydrogen) atoms. The lowest BCUT2D eigenvalue weighted by Crippen LogP contribution is -2.36. The quantitative estimate of drug-likeness (QED) is 0.446. The molecule has 0 atom stereocenters. The fourth-order valence-corrected chi connectivity index (χ4v) is 2.08. The summed E-state index contributed by atoms with van der Waals surface area (Å²) in [5.41, 5.74) is 1.14. The SMILES string of the molecule is Cc1cccc([Si](C)(C)F)c1. The molecule has 1 aromatic carbocycles. The van der Waals surface area contributed by atoms with Gasteiger partial charge in [-0.2, -0.15) is 0 Å². The van der Waals surface area contributed by atoms with Gasteiger partial charge in [0.25, 0.3) is 8.41 Å². The molecular weight excluding hydrogens is 155 g/mol. The molecule has 0 nitrogen and oxygen atoms in total. The largest absolute Gasteiger partial charge is 0.308 e. The van der Waals surface area contributed by atoms with E-state index in [4.69, 9.17) is 0 Å². The molecule has 2 heteroatoms. The number of hydrogen-bond acceptors (Lipinski definition) is 0. The molecule has 0 aliphatic carbocycles. The molecular formula is C9H13FSi. The Morgan fingerprint density at radius 2 is 1.91 bits per heavy atom. The average molecular weight is 168 g/mol. The molecule has 0 fully saturated rings. The Hall–Kier alpha value is -0.633. The highest BCUT2D eigenvalue weighted by Crippen LogP contribution is 2.05. The van der Waals surface area contributed by atoms with Crippen molar-refractivity contribution in [1.82, 2.24) is 0 Å². The Morgan fingerprint density at radius 3 is 2.27 bits per heavy atom. The summed E-state index contributed by atoms with van der Waals surface area (Å²) in [6.45, 7) is 5.41. The second-order valence-corrected chi connectivity index (χ2v) is 6.86. The minimum atomic E-state index is -2.56. The Bertz CT molecular complexity index is 250. The number of hydrogen-bond donors (Lipinski definition) is 0. The fraction of sp³-hybridized carbons (Fsp3) is 0.333. The van der Waals surface area contributed by atoms with Gasteiger partial charge < -0.3 is 4.11 Å². The second-order valence-electron chi connectivity index (χ2n) is 3.34. The van der Waals surface area contributed by atoms with Gasteiger partial charge in [-0.25, -0.2) is 0 Å². The van der Waals surface area contributed by atoms with Crippen LogP contribution in [0.25, 0.3) is 0 Å². The first-order valence-corrected chi connectivity index (χ1v) is 6.64. The van der Waals surface area contributed by atoms with E-state index in [9.17, 15) is 4.11 Å². The van der Waals surface area contributed by atoms with E-state index in [0.29, 0.717) is 0 Å². The van der Waals surface area contributed by atoms with Crippen LogP contribution in [0.1, 0.15) is 5.56 Å². The van der Waals surface area contributed by atoms with E-state index in [1.54, 1.807) is 13.1 Å². The van der Waals surface area contributed by atoms with Gasteiger partial charge in [0.1, 0.15) is 0 Å². The molecule has 0 N–H and O–H groups in total. The van der Waals surface area contributed by atoms with Crippen molar-refractivity contribution in [1.29, 1.82) is 0 Å². The van der Waals surface area contributed by atoms with E-state index in [2.05, 4.69) is 0 Å². The smallest absolute Gasteiger partial charge is 0.271 e. The van der Waals surface area contributed by atoms with Crippen LogP contribution in [0.2, 0.25) is 13.1 Å². The zero-order valence-corrected chi connectivity index (χ0v) is 8.19. The third-order valence-corrected chi connectivity index (χ3v) is 3.39. The standard InChI is InChI=1S/C9H13FSi/c1-8-5-4-6-9(7-8)11(2,3)10/h4-7H,1-3H3. The van der Waals surface area contributed by atoms with Crippen LogP contribution >= 0.6 is 0 Å². The Balaban J connectivity index is 3.06. The first kappa shape index (κ1) is 8.46. The summed E-state index contributed by atoms with van der Waals surface area (Å²) in [5.74, 6) is 0. The lowest BCUT2D eigenvalue weighted by Gasteiger charge is -2.11.